The fourth-order valence-electron chi connectivity index (χ4n) is 3.48. The van der Waals surface area contributed by atoms with Crippen LogP contribution in [-0.4, -0.2) is 11.5 Å². The van der Waals surface area contributed by atoms with Crippen molar-refractivity contribution in [3.63, 3.8) is 0 Å². The second kappa shape index (κ2) is 4.34. The number of benzene rings is 1. The lowest BCUT2D eigenvalue weighted by atomic mass is 9.78. The highest BCUT2D eigenvalue weighted by Crippen LogP contribution is 2.42. The van der Waals surface area contributed by atoms with Crippen molar-refractivity contribution < 1.29 is 4.39 Å². The van der Waals surface area contributed by atoms with Gasteiger partial charge in [-0.15, -0.1) is 0 Å². The second-order valence-corrected chi connectivity index (χ2v) is 5.95. The Morgan fingerprint density at radius 3 is 2.58 bits per heavy atom. The quantitative estimate of drug-likeness (QED) is 0.849. The summed E-state index contributed by atoms with van der Waals surface area (Å²) in [6.07, 6.45) is 4.55. The number of aromatic amines is 1. The van der Waals surface area contributed by atoms with E-state index in [0.717, 1.165) is 35.0 Å². The third-order valence-corrected chi connectivity index (χ3v) is 4.93. The topological polar surface area (TPSA) is 41.8 Å². The molecular weight excluding hydrogens is 239 g/mol. The Hall–Kier alpha value is -1.35. The fraction of sp³-hybridized carbons (Fsp3) is 0.500. The lowest BCUT2D eigenvalue weighted by Gasteiger charge is -2.28. The number of aryl methyl sites for hydroxylation is 2. The molecule has 3 heteroatoms. The van der Waals surface area contributed by atoms with E-state index in [4.69, 9.17) is 5.73 Å². The van der Waals surface area contributed by atoms with E-state index in [1.807, 2.05) is 13.8 Å². The number of hydrogen-bond acceptors (Lipinski definition) is 1. The molecule has 0 aliphatic heterocycles. The average Bonchev–Trinajstić information content (AvgIpc) is 2.99. The molecule has 2 nitrogen and oxygen atoms in total. The van der Waals surface area contributed by atoms with Crippen LogP contribution in [0.2, 0.25) is 0 Å². The van der Waals surface area contributed by atoms with Gasteiger partial charge in [0.05, 0.1) is 5.52 Å². The van der Waals surface area contributed by atoms with E-state index >= 15 is 0 Å². The monoisotopic (exact) mass is 260 g/mol. The van der Waals surface area contributed by atoms with Crippen LogP contribution >= 0.6 is 0 Å². The maximum absolute atomic E-state index is 14.3. The Kier molecular flexibility index (Phi) is 2.90. The van der Waals surface area contributed by atoms with Gasteiger partial charge >= 0.3 is 0 Å². The van der Waals surface area contributed by atoms with Gasteiger partial charge in [-0.1, -0.05) is 12.8 Å². The summed E-state index contributed by atoms with van der Waals surface area (Å²) in [7, 11) is 0. The van der Waals surface area contributed by atoms with E-state index in [1.165, 1.54) is 12.8 Å². The first-order valence-corrected chi connectivity index (χ1v) is 7.06. The molecule has 102 valence electrons. The third kappa shape index (κ3) is 1.79. The van der Waals surface area contributed by atoms with Crippen LogP contribution in [0.3, 0.4) is 0 Å². The van der Waals surface area contributed by atoms with Gasteiger partial charge in [0.2, 0.25) is 0 Å². The molecule has 1 aliphatic carbocycles. The number of aromatic nitrogens is 1. The van der Waals surface area contributed by atoms with Gasteiger partial charge in [0.25, 0.3) is 0 Å². The van der Waals surface area contributed by atoms with Crippen LogP contribution in [0.1, 0.15) is 42.5 Å². The van der Waals surface area contributed by atoms with Crippen LogP contribution < -0.4 is 5.73 Å². The summed E-state index contributed by atoms with van der Waals surface area (Å²) in [5.74, 6) is -0.150. The molecule has 1 aliphatic rings. The van der Waals surface area contributed by atoms with Gasteiger partial charge in [-0.2, -0.15) is 0 Å². The Morgan fingerprint density at radius 1 is 1.26 bits per heavy atom. The molecule has 0 bridgehead atoms. The van der Waals surface area contributed by atoms with E-state index in [1.54, 1.807) is 6.07 Å². The van der Waals surface area contributed by atoms with Crippen molar-refractivity contribution in [3.8, 4) is 0 Å². The molecule has 0 radical (unpaired) electrons. The first-order chi connectivity index (χ1) is 9.07. The first-order valence-electron chi connectivity index (χ1n) is 7.06. The standard InChI is InChI=1S/C16H21FN2/c1-10-11(2)19-15-13(10)7-12(8-14(15)17)16(9-18)5-3-4-6-16/h7-8,19H,3-6,9,18H2,1-2H3. The predicted octanol–water partition coefficient (Wildman–Crippen LogP) is 3.69. The maximum atomic E-state index is 14.3. The van der Waals surface area contributed by atoms with Crippen molar-refractivity contribution >= 4 is 10.9 Å². The molecular formula is C16H21FN2. The number of nitrogens with two attached hydrogens (primary N) is 1. The summed E-state index contributed by atoms with van der Waals surface area (Å²) in [5, 5.41) is 1.01. The van der Waals surface area contributed by atoms with Crippen molar-refractivity contribution in [2.24, 2.45) is 5.73 Å². The lowest BCUT2D eigenvalue weighted by Crippen LogP contribution is -2.32. The predicted molar refractivity (Wildman–Crippen MR) is 76.9 cm³/mol. The molecule has 3 rings (SSSR count). The van der Waals surface area contributed by atoms with E-state index in [9.17, 15) is 4.39 Å². The van der Waals surface area contributed by atoms with Gasteiger partial charge in [-0.3, -0.25) is 0 Å². The first kappa shape index (κ1) is 12.7. The zero-order chi connectivity index (χ0) is 13.6. The molecule has 0 unspecified atom stereocenters. The minimum atomic E-state index is -0.150. The third-order valence-electron chi connectivity index (χ3n) is 4.93. The smallest absolute Gasteiger partial charge is 0.147 e. The largest absolute Gasteiger partial charge is 0.356 e. The van der Waals surface area contributed by atoms with Gasteiger partial charge in [-0.25, -0.2) is 4.39 Å². The molecule has 1 heterocycles. The highest BCUT2D eigenvalue weighted by Gasteiger charge is 2.35. The van der Waals surface area contributed by atoms with Crippen LogP contribution in [-0.2, 0) is 5.41 Å². The zero-order valence-corrected chi connectivity index (χ0v) is 11.6. The van der Waals surface area contributed by atoms with Crippen LogP contribution in [0, 0.1) is 19.7 Å². The highest BCUT2D eigenvalue weighted by atomic mass is 19.1. The van der Waals surface area contributed by atoms with Gasteiger partial charge in [-0.05, 0) is 49.9 Å². The molecule has 0 spiro atoms. The average molecular weight is 260 g/mol. The second-order valence-electron chi connectivity index (χ2n) is 5.95. The van der Waals surface area contributed by atoms with Gasteiger partial charge < -0.3 is 10.7 Å². The fourth-order valence-corrected chi connectivity index (χ4v) is 3.48. The van der Waals surface area contributed by atoms with E-state index in [0.29, 0.717) is 12.1 Å². The lowest BCUT2D eigenvalue weighted by molar-refractivity contribution is 0.450. The van der Waals surface area contributed by atoms with Crippen molar-refractivity contribution in [2.75, 3.05) is 6.54 Å². The normalized spacial score (nSPS) is 18.3. The number of rotatable bonds is 2. The molecule has 0 atom stereocenters. The molecule has 0 saturated heterocycles. The molecule has 1 saturated carbocycles. The minimum absolute atomic E-state index is 0.00730. The van der Waals surface area contributed by atoms with Gasteiger partial charge in [0.1, 0.15) is 5.82 Å². The van der Waals surface area contributed by atoms with Crippen molar-refractivity contribution in [2.45, 2.75) is 44.9 Å². The van der Waals surface area contributed by atoms with Crippen molar-refractivity contribution in [3.05, 3.63) is 34.8 Å². The molecule has 2 aromatic rings. The van der Waals surface area contributed by atoms with Crippen LogP contribution in [0.15, 0.2) is 12.1 Å². The summed E-state index contributed by atoms with van der Waals surface area (Å²) < 4.78 is 14.3. The maximum Gasteiger partial charge on any atom is 0.147 e. The van der Waals surface area contributed by atoms with E-state index in [-0.39, 0.29) is 11.2 Å². The Morgan fingerprint density at radius 2 is 1.95 bits per heavy atom. The number of H-pyrrole nitrogens is 1. The highest BCUT2D eigenvalue weighted by molar-refractivity contribution is 5.85. The summed E-state index contributed by atoms with van der Waals surface area (Å²) in [6, 6.07) is 3.84. The number of hydrogen-bond donors (Lipinski definition) is 2. The van der Waals surface area contributed by atoms with Gasteiger partial charge in [0.15, 0.2) is 0 Å². The van der Waals surface area contributed by atoms with Crippen molar-refractivity contribution in [1.82, 2.24) is 4.98 Å². The van der Waals surface area contributed by atoms with E-state index in [2.05, 4.69) is 11.1 Å². The Balaban J connectivity index is 2.22. The van der Waals surface area contributed by atoms with Crippen LogP contribution in [0.4, 0.5) is 4.39 Å². The summed E-state index contributed by atoms with van der Waals surface area (Å²) in [4.78, 5) is 3.14. The molecule has 1 aromatic carbocycles. The number of fused-ring (bicyclic) bond motifs is 1. The number of nitrogens with one attached hydrogen (secondary N) is 1. The summed E-state index contributed by atoms with van der Waals surface area (Å²) in [5.41, 5.74) is 9.89. The molecule has 1 fully saturated rings. The minimum Gasteiger partial charge on any atom is -0.356 e. The Labute approximate surface area is 113 Å². The molecule has 1 aromatic heterocycles. The van der Waals surface area contributed by atoms with Crippen molar-refractivity contribution in [1.29, 1.82) is 0 Å². The molecule has 19 heavy (non-hydrogen) atoms. The molecule has 3 N–H and O–H groups in total. The van der Waals surface area contributed by atoms with Gasteiger partial charge in [0, 0.05) is 23.0 Å². The summed E-state index contributed by atoms with van der Waals surface area (Å²) >= 11 is 0. The summed E-state index contributed by atoms with van der Waals surface area (Å²) in [6.45, 7) is 4.64. The van der Waals surface area contributed by atoms with Crippen LogP contribution in [0.5, 0.6) is 0 Å². The Bertz CT molecular complexity index is 621. The molecule has 0 amide bonds. The SMILES string of the molecule is Cc1[nH]c2c(F)cc(C3(CN)CCCC3)cc2c1C. The van der Waals surface area contributed by atoms with E-state index < -0.39 is 0 Å². The zero-order valence-electron chi connectivity index (χ0n) is 11.6. The number of halogens is 1. The van der Waals surface area contributed by atoms with Crippen LogP contribution in [0.25, 0.3) is 10.9 Å².